The summed E-state index contributed by atoms with van der Waals surface area (Å²) < 4.78 is 12.8. The van der Waals surface area contributed by atoms with Crippen LogP contribution in [0.1, 0.15) is 12.0 Å². The number of carbonyl (C=O) groups is 1. The summed E-state index contributed by atoms with van der Waals surface area (Å²) in [5, 5.41) is 38.4. The zero-order chi connectivity index (χ0) is 14.2. The van der Waals surface area contributed by atoms with Crippen LogP contribution in [0, 0.1) is 5.82 Å². The maximum absolute atomic E-state index is 12.8. The average Bonchev–Trinajstić information content (AvgIpc) is 2.35. The average molecular weight is 268 g/mol. The van der Waals surface area contributed by atoms with Crippen LogP contribution in [0.15, 0.2) is 30.3 Å². The number of carboxylic acid groups (broad SMARTS) is 1. The molecule has 1 aliphatic rings. The number of carboxylic acids is 1. The molecule has 3 atom stereocenters. The second-order valence-corrected chi connectivity index (χ2v) is 4.55. The van der Waals surface area contributed by atoms with Crippen LogP contribution in [0.3, 0.4) is 0 Å². The molecule has 4 N–H and O–H groups in total. The largest absolute Gasteiger partial charge is 0.479 e. The summed E-state index contributed by atoms with van der Waals surface area (Å²) in [6.45, 7) is 0. The van der Waals surface area contributed by atoms with Crippen LogP contribution >= 0.6 is 0 Å². The van der Waals surface area contributed by atoms with E-state index in [-0.39, 0.29) is 5.57 Å². The van der Waals surface area contributed by atoms with Crippen molar-refractivity contribution in [2.75, 3.05) is 0 Å². The number of hydrogen-bond donors (Lipinski definition) is 4. The molecule has 0 aliphatic heterocycles. The zero-order valence-electron chi connectivity index (χ0n) is 9.82. The monoisotopic (exact) mass is 268 g/mol. The topological polar surface area (TPSA) is 98.0 Å². The molecule has 0 radical (unpaired) electrons. The molecule has 6 heteroatoms. The highest BCUT2D eigenvalue weighted by Crippen LogP contribution is 2.33. The zero-order valence-corrected chi connectivity index (χ0v) is 9.82. The van der Waals surface area contributed by atoms with Gasteiger partial charge in [-0.1, -0.05) is 12.1 Å². The van der Waals surface area contributed by atoms with Gasteiger partial charge in [-0.3, -0.25) is 0 Å². The number of aliphatic carboxylic acids is 1. The van der Waals surface area contributed by atoms with Gasteiger partial charge in [0.15, 0.2) is 5.60 Å². The van der Waals surface area contributed by atoms with Gasteiger partial charge in [0.1, 0.15) is 11.9 Å². The van der Waals surface area contributed by atoms with Gasteiger partial charge in [0.2, 0.25) is 0 Å². The van der Waals surface area contributed by atoms with Crippen LogP contribution in [-0.2, 0) is 4.79 Å². The van der Waals surface area contributed by atoms with E-state index in [1.807, 2.05) is 0 Å². The predicted molar refractivity (Wildman–Crippen MR) is 63.6 cm³/mol. The lowest BCUT2D eigenvalue weighted by molar-refractivity contribution is -0.157. The molecule has 2 rings (SSSR count). The van der Waals surface area contributed by atoms with E-state index in [0.717, 1.165) is 18.2 Å². The van der Waals surface area contributed by atoms with Crippen molar-refractivity contribution in [2.24, 2.45) is 0 Å². The quantitative estimate of drug-likeness (QED) is 0.612. The molecule has 1 aromatic carbocycles. The van der Waals surface area contributed by atoms with Crippen LogP contribution in [0.4, 0.5) is 4.39 Å². The van der Waals surface area contributed by atoms with Gasteiger partial charge in [-0.15, -0.1) is 0 Å². The third kappa shape index (κ3) is 2.51. The fourth-order valence-corrected chi connectivity index (χ4v) is 2.08. The SMILES string of the molecule is O=C(O)[C@]1(O)C=C(c2ccc(F)cc2)[C@@H](O)[C@H](O)C1. The van der Waals surface area contributed by atoms with Crippen molar-refractivity contribution in [3.63, 3.8) is 0 Å². The van der Waals surface area contributed by atoms with Crippen molar-refractivity contribution in [1.29, 1.82) is 0 Å². The van der Waals surface area contributed by atoms with Gasteiger partial charge in [0.25, 0.3) is 0 Å². The Balaban J connectivity index is 2.48. The Labute approximate surface area is 108 Å². The Morgan fingerprint density at radius 1 is 1.26 bits per heavy atom. The minimum atomic E-state index is -2.25. The lowest BCUT2D eigenvalue weighted by Crippen LogP contribution is -2.47. The Kier molecular flexibility index (Phi) is 3.40. The lowest BCUT2D eigenvalue weighted by Gasteiger charge is -2.33. The van der Waals surface area contributed by atoms with Crippen molar-refractivity contribution >= 4 is 11.5 Å². The number of benzene rings is 1. The standard InChI is InChI=1S/C13H13FO5/c14-8-3-1-7(2-4-8)9-5-13(19,12(17)18)6-10(15)11(9)16/h1-5,10-11,15-16,19H,6H2,(H,17,18)/t10-,11-,13+/m1/s1. The molecule has 0 aromatic heterocycles. The van der Waals surface area contributed by atoms with E-state index in [2.05, 4.69) is 0 Å². The minimum Gasteiger partial charge on any atom is -0.479 e. The van der Waals surface area contributed by atoms with Gasteiger partial charge >= 0.3 is 5.97 Å². The third-order valence-electron chi connectivity index (χ3n) is 3.15. The summed E-state index contributed by atoms with van der Waals surface area (Å²) in [6, 6.07) is 4.96. The van der Waals surface area contributed by atoms with Crippen LogP contribution in [-0.4, -0.2) is 44.2 Å². The molecule has 0 unspecified atom stereocenters. The smallest absolute Gasteiger partial charge is 0.339 e. The van der Waals surface area contributed by atoms with Crippen molar-refractivity contribution in [2.45, 2.75) is 24.2 Å². The van der Waals surface area contributed by atoms with E-state index < -0.39 is 36.0 Å². The Hall–Kier alpha value is -1.76. The number of aliphatic hydroxyl groups excluding tert-OH is 2. The second-order valence-electron chi connectivity index (χ2n) is 4.55. The highest BCUT2D eigenvalue weighted by atomic mass is 19.1. The van der Waals surface area contributed by atoms with Gasteiger partial charge in [-0.2, -0.15) is 0 Å². The van der Waals surface area contributed by atoms with Crippen molar-refractivity contribution in [1.82, 2.24) is 0 Å². The fraction of sp³-hybridized carbons (Fsp3) is 0.308. The highest BCUT2D eigenvalue weighted by molar-refractivity contribution is 5.85. The second kappa shape index (κ2) is 4.73. The number of halogens is 1. The molecule has 1 aromatic rings. The Bertz CT molecular complexity index is 524. The first-order chi connectivity index (χ1) is 8.83. The summed E-state index contributed by atoms with van der Waals surface area (Å²) in [4.78, 5) is 11.0. The molecule has 0 heterocycles. The fourth-order valence-electron chi connectivity index (χ4n) is 2.08. The van der Waals surface area contributed by atoms with Crippen molar-refractivity contribution in [3.8, 4) is 0 Å². The molecule has 0 bridgehead atoms. The van der Waals surface area contributed by atoms with Crippen LogP contribution in [0.2, 0.25) is 0 Å². The maximum atomic E-state index is 12.8. The Morgan fingerprint density at radius 2 is 1.84 bits per heavy atom. The molecular formula is C13H13FO5. The van der Waals surface area contributed by atoms with Crippen LogP contribution in [0.5, 0.6) is 0 Å². The molecule has 0 saturated heterocycles. The molecule has 0 spiro atoms. The number of hydrogen-bond acceptors (Lipinski definition) is 4. The summed E-state index contributed by atoms with van der Waals surface area (Å²) in [5.41, 5.74) is -1.85. The minimum absolute atomic E-state index is 0.0589. The van der Waals surface area contributed by atoms with Gasteiger partial charge in [0.05, 0.1) is 6.10 Å². The molecular weight excluding hydrogens is 255 g/mol. The Morgan fingerprint density at radius 3 is 2.37 bits per heavy atom. The maximum Gasteiger partial charge on any atom is 0.339 e. The highest BCUT2D eigenvalue weighted by Gasteiger charge is 2.43. The first-order valence-corrected chi connectivity index (χ1v) is 5.64. The third-order valence-corrected chi connectivity index (χ3v) is 3.15. The molecule has 102 valence electrons. The van der Waals surface area contributed by atoms with Crippen molar-refractivity contribution in [3.05, 3.63) is 41.7 Å². The molecule has 0 saturated carbocycles. The van der Waals surface area contributed by atoms with Gasteiger partial charge in [-0.25, -0.2) is 9.18 Å². The normalized spacial score (nSPS) is 30.8. The molecule has 0 amide bonds. The first kappa shape index (κ1) is 13.7. The van der Waals surface area contributed by atoms with Gasteiger partial charge in [0, 0.05) is 6.42 Å². The number of aliphatic hydroxyl groups is 3. The summed E-state index contributed by atoms with van der Waals surface area (Å²) in [7, 11) is 0. The van der Waals surface area contributed by atoms with Crippen LogP contribution in [0.25, 0.3) is 5.57 Å². The summed E-state index contributed by atoms with van der Waals surface area (Å²) in [6.07, 6.45) is -2.26. The summed E-state index contributed by atoms with van der Waals surface area (Å²) >= 11 is 0. The number of rotatable bonds is 2. The van der Waals surface area contributed by atoms with E-state index in [1.165, 1.54) is 12.1 Å². The van der Waals surface area contributed by atoms with Crippen molar-refractivity contribution < 1.29 is 29.6 Å². The first-order valence-electron chi connectivity index (χ1n) is 5.64. The molecule has 0 fully saturated rings. The molecule has 1 aliphatic carbocycles. The molecule has 19 heavy (non-hydrogen) atoms. The van der Waals surface area contributed by atoms with Gasteiger partial charge < -0.3 is 20.4 Å². The van der Waals surface area contributed by atoms with Crippen LogP contribution < -0.4 is 0 Å². The van der Waals surface area contributed by atoms with E-state index in [4.69, 9.17) is 5.11 Å². The van der Waals surface area contributed by atoms with E-state index in [0.29, 0.717) is 5.56 Å². The summed E-state index contributed by atoms with van der Waals surface area (Å²) in [5.74, 6) is -2.00. The predicted octanol–water partition coefficient (Wildman–Crippen LogP) is 0.150. The van der Waals surface area contributed by atoms with E-state index >= 15 is 0 Å². The van der Waals surface area contributed by atoms with E-state index in [9.17, 15) is 24.5 Å². The molecule has 5 nitrogen and oxygen atoms in total. The van der Waals surface area contributed by atoms with E-state index in [1.54, 1.807) is 0 Å². The lowest BCUT2D eigenvalue weighted by atomic mass is 9.80. The van der Waals surface area contributed by atoms with Gasteiger partial charge in [-0.05, 0) is 29.3 Å².